The van der Waals surface area contributed by atoms with Crippen LogP contribution in [0.2, 0.25) is 0 Å². The Morgan fingerprint density at radius 2 is 1.26 bits per heavy atom. The molecular weight excluding hydrogens is 1090 g/mol. The van der Waals surface area contributed by atoms with E-state index < -0.39 is 60.4 Å². The number of hydrogen-bond donors (Lipinski definition) is 0. The fourth-order valence-corrected chi connectivity index (χ4v) is 10.1. The molecule has 8 nitrogen and oxygen atoms in total. The molecule has 9 heteroatoms. The van der Waals surface area contributed by atoms with Gasteiger partial charge >= 0.3 is 0 Å². The number of pyridine rings is 1. The molecule has 0 aliphatic carbocycles. The van der Waals surface area contributed by atoms with Crippen molar-refractivity contribution in [1.82, 2.24) is 28.1 Å². The van der Waals surface area contributed by atoms with Gasteiger partial charge in [-0.05, 0) is 98.9 Å². The molecule has 0 N–H and O–H groups in total. The maximum atomic E-state index is 9.30. The SMILES string of the molecule is [2H]c1c([2H])c([2H])c(-c2cccc(-c3c([2H])c([2H])c([2H])c([2H])c3[2H])c2-[n+]2[c-]n(-c3[c-]c(Oc4[c-]c5c(cc4)c4ccccc4n5-c4cc(C(C)(C)C)ccn4)ccc3)c3ccc(-n4c5ccccc5n5c6ccccc6nc45)cc32)c([2H])c1[2H].[Pt]. The molecule has 9 aromatic carbocycles. The summed E-state index contributed by atoms with van der Waals surface area (Å²) in [5.74, 6) is 2.12. The summed E-state index contributed by atoms with van der Waals surface area (Å²) in [5, 5.41) is 2.00. The zero-order valence-electron chi connectivity index (χ0n) is 49.9. The van der Waals surface area contributed by atoms with E-state index in [9.17, 15) is 5.48 Å². The zero-order chi connectivity index (χ0) is 57.5. The Labute approximate surface area is 455 Å². The van der Waals surface area contributed by atoms with Crippen LogP contribution in [0.25, 0.3) is 106 Å². The zero-order valence-corrected chi connectivity index (χ0v) is 42.1. The third-order valence-electron chi connectivity index (χ3n) is 13.4. The topological polar surface area (TPSA) is 58.1 Å². The number of fused-ring (bicyclic) bond motifs is 9. The van der Waals surface area contributed by atoms with Gasteiger partial charge in [-0.25, -0.2) is 9.97 Å². The summed E-state index contributed by atoms with van der Waals surface area (Å²) in [4.78, 5) is 9.97. The van der Waals surface area contributed by atoms with Crippen LogP contribution in [0.4, 0.5) is 0 Å². The van der Waals surface area contributed by atoms with Gasteiger partial charge in [0.15, 0.2) is 0 Å². The van der Waals surface area contributed by atoms with Gasteiger partial charge in [0.1, 0.15) is 5.82 Å². The van der Waals surface area contributed by atoms with Crippen LogP contribution in [0.15, 0.2) is 218 Å². The Bertz CT molecular complexity index is 4950. The first-order valence-electron chi connectivity index (χ1n) is 28.8. The largest absolute Gasteiger partial charge is 0.510 e. The van der Waals surface area contributed by atoms with Crippen molar-refractivity contribution in [3.8, 4) is 56.6 Å². The molecule has 0 spiro atoms. The molecule has 0 unspecified atom stereocenters. The van der Waals surface area contributed by atoms with E-state index in [1.54, 1.807) is 33.4 Å². The molecule has 0 fully saturated rings. The molecule has 0 atom stereocenters. The van der Waals surface area contributed by atoms with Gasteiger partial charge in [0.25, 0.3) is 6.33 Å². The molecule has 0 saturated carbocycles. The first-order chi connectivity index (χ1) is 40.0. The van der Waals surface area contributed by atoms with Crippen LogP contribution in [0.1, 0.15) is 40.0 Å². The van der Waals surface area contributed by atoms with E-state index >= 15 is 0 Å². The van der Waals surface area contributed by atoms with Crippen LogP contribution in [0, 0.1) is 18.5 Å². The van der Waals surface area contributed by atoms with Crippen molar-refractivity contribution in [2.24, 2.45) is 0 Å². The molecule has 74 heavy (non-hydrogen) atoms. The summed E-state index contributed by atoms with van der Waals surface area (Å²) < 4.78 is 106. The number of imidazole rings is 3. The van der Waals surface area contributed by atoms with Gasteiger partial charge in [-0.2, -0.15) is 18.2 Å². The molecular formula is C65H45N7OPt-2. The summed E-state index contributed by atoms with van der Waals surface area (Å²) in [6.45, 7) is 6.51. The standard InChI is InChI=1S/C65H45N7O.Pt/c1-65(2,3)45-36-37-66-62(38-45)71-55-28-12-10-24-52(55)53-34-33-49(41-60(53)71)73-48-23-16-22-46(39-48)68-42-69(63-50(43-18-6-4-7-19-43)25-17-26-51(63)44-20-8-5-9-21-44)61-40-47(32-35-57(61)68)70-58-30-14-15-31-59(58)72-56-29-13-11-27-54(56)67-64(70)72;/h4-38,40H,1-3H3;/q-2;/i4D,5D,6D,7D,8D,9D,18D,19D,20D,21D;. The minimum atomic E-state index is -0.593. The minimum Gasteiger partial charge on any atom is -0.510 e. The maximum Gasteiger partial charge on any atom is 0.268 e. The smallest absolute Gasteiger partial charge is 0.268 e. The second-order valence-corrected chi connectivity index (χ2v) is 18.8. The molecule has 14 aromatic rings. The normalized spacial score (nSPS) is 13.8. The van der Waals surface area contributed by atoms with Crippen LogP contribution < -0.4 is 9.30 Å². The summed E-state index contributed by atoms with van der Waals surface area (Å²) in [5.41, 5.74) is 8.28. The Morgan fingerprint density at radius 1 is 0.581 bits per heavy atom. The number of para-hydroxylation sites is 6. The molecule has 0 radical (unpaired) electrons. The van der Waals surface area contributed by atoms with Gasteiger partial charge in [-0.1, -0.05) is 153 Å². The van der Waals surface area contributed by atoms with E-state index in [4.69, 9.17) is 22.9 Å². The monoisotopic (exact) mass is 1140 g/mol. The third-order valence-corrected chi connectivity index (χ3v) is 13.4. The van der Waals surface area contributed by atoms with Crippen LogP contribution in [0.5, 0.6) is 11.5 Å². The average molecular weight is 1150 g/mol. The summed E-state index contributed by atoms with van der Waals surface area (Å²) in [6.07, 6.45) is 5.36. The third kappa shape index (κ3) is 7.35. The molecule has 0 saturated heterocycles. The van der Waals surface area contributed by atoms with Crippen molar-refractivity contribution >= 4 is 60.7 Å². The van der Waals surface area contributed by atoms with Gasteiger partial charge in [0.05, 0.1) is 52.5 Å². The van der Waals surface area contributed by atoms with Crippen LogP contribution >= 0.6 is 0 Å². The summed E-state index contributed by atoms with van der Waals surface area (Å²) in [6, 6.07) is 49.5. The summed E-state index contributed by atoms with van der Waals surface area (Å²) in [7, 11) is 0. The number of benzene rings is 9. The van der Waals surface area contributed by atoms with Crippen LogP contribution in [-0.4, -0.2) is 28.1 Å². The maximum absolute atomic E-state index is 9.30. The number of nitrogens with zero attached hydrogens (tertiary/aromatic N) is 7. The van der Waals surface area contributed by atoms with E-state index in [-0.39, 0.29) is 54.4 Å². The Kier molecular flexibility index (Phi) is 8.46. The van der Waals surface area contributed by atoms with Gasteiger partial charge in [0.2, 0.25) is 5.78 Å². The van der Waals surface area contributed by atoms with Crippen molar-refractivity contribution in [3.05, 3.63) is 242 Å². The van der Waals surface area contributed by atoms with E-state index in [1.807, 2.05) is 120 Å². The van der Waals surface area contributed by atoms with Crippen LogP contribution in [0.3, 0.4) is 0 Å². The van der Waals surface area contributed by atoms with Gasteiger partial charge in [-0.15, -0.1) is 29.7 Å². The second kappa shape index (κ2) is 17.7. The number of rotatable bonds is 8. The first kappa shape index (κ1) is 35.3. The molecule has 0 aliphatic heterocycles. The Balaban J connectivity index is 0.00000658. The van der Waals surface area contributed by atoms with E-state index in [0.717, 1.165) is 55.3 Å². The van der Waals surface area contributed by atoms with Gasteiger partial charge in [0, 0.05) is 50.0 Å². The number of aromatic nitrogens is 7. The molecule has 0 aliphatic rings. The molecule has 358 valence electrons. The molecule has 0 amide bonds. The quantitative estimate of drug-likeness (QED) is 0.113. The van der Waals surface area contributed by atoms with Crippen molar-refractivity contribution in [2.45, 2.75) is 26.2 Å². The molecule has 0 bridgehead atoms. The van der Waals surface area contributed by atoms with Crippen LogP contribution in [-0.2, 0) is 26.5 Å². The predicted octanol–water partition coefficient (Wildman–Crippen LogP) is 15.0. The van der Waals surface area contributed by atoms with Crippen molar-refractivity contribution < 1.29 is 44.1 Å². The first-order valence-corrected chi connectivity index (χ1v) is 23.8. The molecule has 5 aromatic heterocycles. The fraction of sp³-hybridized carbons (Fsp3) is 0.0615. The van der Waals surface area contributed by atoms with Gasteiger partial charge < -0.3 is 13.9 Å². The average Bonchev–Trinajstić information content (AvgIpc) is 1.64. The van der Waals surface area contributed by atoms with E-state index in [2.05, 4.69) is 66.4 Å². The molecule has 14 rings (SSSR count). The molecule has 5 heterocycles. The Hall–Kier alpha value is -8.84. The minimum absolute atomic E-state index is 0. The fourth-order valence-electron chi connectivity index (χ4n) is 10.1. The Morgan fingerprint density at radius 3 is 2.01 bits per heavy atom. The van der Waals surface area contributed by atoms with E-state index in [1.165, 1.54) is 0 Å². The predicted molar refractivity (Wildman–Crippen MR) is 293 cm³/mol. The second-order valence-electron chi connectivity index (χ2n) is 18.8. The number of ether oxygens (including phenoxy) is 1. The summed E-state index contributed by atoms with van der Waals surface area (Å²) >= 11 is 0. The van der Waals surface area contributed by atoms with Gasteiger partial charge in [-0.3, -0.25) is 13.5 Å². The van der Waals surface area contributed by atoms with E-state index in [0.29, 0.717) is 39.7 Å². The van der Waals surface area contributed by atoms with Crippen molar-refractivity contribution in [3.63, 3.8) is 0 Å². The van der Waals surface area contributed by atoms with Crippen molar-refractivity contribution in [2.75, 3.05) is 0 Å². The number of hydrogen-bond acceptors (Lipinski definition) is 3. The van der Waals surface area contributed by atoms with Crippen molar-refractivity contribution in [1.29, 1.82) is 0 Å².